The minimum Gasteiger partial charge on any atom is -0.465 e. The number of para-hydroxylation sites is 1. The van der Waals surface area contributed by atoms with Crippen molar-refractivity contribution in [2.45, 2.75) is 6.92 Å². The van der Waals surface area contributed by atoms with E-state index in [4.69, 9.17) is 11.6 Å². The van der Waals surface area contributed by atoms with Gasteiger partial charge in [0.05, 0.1) is 18.4 Å². The van der Waals surface area contributed by atoms with Crippen LogP contribution in [0.2, 0.25) is 5.02 Å². The fourth-order valence-electron chi connectivity index (χ4n) is 1.81. The molecule has 0 aliphatic heterocycles. The molecule has 0 fully saturated rings. The number of esters is 1. The average molecular weight is 304 g/mol. The number of aryl methyl sites for hydroxylation is 1. The van der Waals surface area contributed by atoms with Crippen LogP contribution in [0.4, 0.5) is 5.69 Å². The highest BCUT2D eigenvalue weighted by atomic mass is 35.5. The highest BCUT2D eigenvalue weighted by Crippen LogP contribution is 2.20. The van der Waals surface area contributed by atoms with E-state index < -0.39 is 5.97 Å². The number of rotatable bonds is 3. The van der Waals surface area contributed by atoms with E-state index in [-0.39, 0.29) is 5.91 Å². The van der Waals surface area contributed by atoms with Gasteiger partial charge in [0.2, 0.25) is 0 Å². The molecule has 0 radical (unpaired) electrons. The number of halogens is 1. The second-order valence-electron chi connectivity index (χ2n) is 4.46. The number of amides is 1. The normalized spacial score (nSPS) is 10.0. The van der Waals surface area contributed by atoms with Crippen LogP contribution in [0.15, 0.2) is 42.5 Å². The molecule has 0 heterocycles. The lowest BCUT2D eigenvalue weighted by Gasteiger charge is -2.10. The minimum absolute atomic E-state index is 0.298. The van der Waals surface area contributed by atoms with Crippen LogP contribution < -0.4 is 5.32 Å². The highest BCUT2D eigenvalue weighted by Gasteiger charge is 2.14. The van der Waals surface area contributed by atoms with Crippen molar-refractivity contribution in [3.63, 3.8) is 0 Å². The molecule has 0 aliphatic rings. The van der Waals surface area contributed by atoms with E-state index in [9.17, 15) is 9.59 Å². The molecule has 0 saturated heterocycles. The van der Waals surface area contributed by atoms with Gasteiger partial charge < -0.3 is 10.1 Å². The van der Waals surface area contributed by atoms with Gasteiger partial charge in [-0.25, -0.2) is 4.79 Å². The van der Waals surface area contributed by atoms with Crippen molar-refractivity contribution in [3.05, 3.63) is 64.2 Å². The molecular weight excluding hydrogens is 290 g/mol. The van der Waals surface area contributed by atoms with E-state index in [0.717, 1.165) is 5.56 Å². The summed E-state index contributed by atoms with van der Waals surface area (Å²) in [6, 6.07) is 11.7. The molecule has 2 aromatic rings. The summed E-state index contributed by atoms with van der Waals surface area (Å²) in [5.41, 5.74) is 2.01. The maximum atomic E-state index is 12.2. The zero-order valence-electron chi connectivity index (χ0n) is 11.6. The summed E-state index contributed by atoms with van der Waals surface area (Å²) in [6.45, 7) is 1.86. The molecule has 0 aromatic heterocycles. The Balaban J connectivity index is 2.27. The predicted octanol–water partition coefficient (Wildman–Crippen LogP) is 3.69. The summed E-state index contributed by atoms with van der Waals surface area (Å²) in [7, 11) is 1.29. The van der Waals surface area contributed by atoms with Crippen LogP contribution in [0, 0.1) is 6.92 Å². The molecule has 0 saturated carbocycles. The first-order valence-corrected chi connectivity index (χ1v) is 6.65. The van der Waals surface area contributed by atoms with Gasteiger partial charge in [-0.3, -0.25) is 4.79 Å². The molecule has 0 aliphatic carbocycles. The average Bonchev–Trinajstić information content (AvgIpc) is 2.49. The van der Waals surface area contributed by atoms with Gasteiger partial charge in [0.15, 0.2) is 0 Å². The van der Waals surface area contributed by atoms with E-state index in [1.54, 1.807) is 42.5 Å². The summed E-state index contributed by atoms with van der Waals surface area (Å²) >= 11 is 6.01. The maximum Gasteiger partial charge on any atom is 0.339 e. The van der Waals surface area contributed by atoms with Crippen LogP contribution >= 0.6 is 11.6 Å². The molecule has 21 heavy (non-hydrogen) atoms. The molecule has 1 amide bonds. The zero-order valence-corrected chi connectivity index (χ0v) is 12.4. The topological polar surface area (TPSA) is 55.4 Å². The maximum absolute atomic E-state index is 12.2. The van der Waals surface area contributed by atoms with Crippen molar-refractivity contribution in [1.82, 2.24) is 0 Å². The number of ether oxygens (including phenoxy) is 1. The SMILES string of the molecule is COC(=O)c1ccccc1NC(=O)c1ccc(C)c(Cl)c1. The minimum atomic E-state index is -0.507. The van der Waals surface area contributed by atoms with Crippen molar-refractivity contribution in [3.8, 4) is 0 Å². The first kappa shape index (κ1) is 15.1. The van der Waals surface area contributed by atoms with Gasteiger partial charge in [-0.15, -0.1) is 0 Å². The number of anilines is 1. The van der Waals surface area contributed by atoms with Crippen LogP contribution in [0.5, 0.6) is 0 Å². The molecular formula is C16H14ClNO3. The molecule has 1 N–H and O–H groups in total. The predicted molar refractivity (Wildman–Crippen MR) is 81.9 cm³/mol. The van der Waals surface area contributed by atoms with Gasteiger partial charge in [0.1, 0.15) is 0 Å². The molecule has 4 nitrogen and oxygen atoms in total. The Kier molecular flexibility index (Phi) is 4.60. The third kappa shape index (κ3) is 3.41. The zero-order chi connectivity index (χ0) is 15.4. The smallest absolute Gasteiger partial charge is 0.339 e. The Morgan fingerprint density at radius 3 is 2.52 bits per heavy atom. The molecule has 0 spiro atoms. The van der Waals surface area contributed by atoms with Crippen molar-refractivity contribution in [2.24, 2.45) is 0 Å². The first-order valence-electron chi connectivity index (χ1n) is 6.27. The van der Waals surface area contributed by atoms with Crippen molar-refractivity contribution < 1.29 is 14.3 Å². The number of nitrogens with one attached hydrogen (secondary N) is 1. The first-order chi connectivity index (χ1) is 10.0. The van der Waals surface area contributed by atoms with E-state index in [1.807, 2.05) is 6.92 Å². The van der Waals surface area contributed by atoms with Crippen LogP contribution in [0.1, 0.15) is 26.3 Å². The molecule has 0 atom stereocenters. The Labute approximate surface area is 127 Å². The lowest BCUT2D eigenvalue weighted by molar-refractivity contribution is 0.0602. The number of benzene rings is 2. The highest BCUT2D eigenvalue weighted by molar-refractivity contribution is 6.31. The summed E-state index contributed by atoms with van der Waals surface area (Å²) in [4.78, 5) is 23.9. The molecule has 108 valence electrons. The van der Waals surface area contributed by atoms with Crippen molar-refractivity contribution >= 4 is 29.2 Å². The van der Waals surface area contributed by atoms with Crippen LogP contribution in [0.3, 0.4) is 0 Å². The van der Waals surface area contributed by atoms with Crippen LogP contribution in [-0.4, -0.2) is 19.0 Å². The number of hydrogen-bond donors (Lipinski definition) is 1. The fraction of sp³-hybridized carbons (Fsp3) is 0.125. The second kappa shape index (κ2) is 6.41. The van der Waals surface area contributed by atoms with Gasteiger partial charge in [-0.05, 0) is 36.8 Å². The summed E-state index contributed by atoms with van der Waals surface area (Å²) in [5.74, 6) is -0.846. The largest absolute Gasteiger partial charge is 0.465 e. The molecule has 2 aromatic carbocycles. The molecule has 5 heteroatoms. The molecule has 0 bridgehead atoms. The summed E-state index contributed by atoms with van der Waals surface area (Å²) < 4.78 is 4.69. The van der Waals surface area contributed by atoms with Crippen molar-refractivity contribution in [2.75, 3.05) is 12.4 Å². The van der Waals surface area contributed by atoms with Crippen LogP contribution in [0.25, 0.3) is 0 Å². The van der Waals surface area contributed by atoms with Crippen LogP contribution in [-0.2, 0) is 4.74 Å². The van der Waals surface area contributed by atoms with Gasteiger partial charge in [0.25, 0.3) is 5.91 Å². The Bertz CT molecular complexity index is 698. The third-order valence-electron chi connectivity index (χ3n) is 3.01. The number of hydrogen-bond acceptors (Lipinski definition) is 3. The molecule has 0 unspecified atom stereocenters. The lowest BCUT2D eigenvalue weighted by atomic mass is 10.1. The number of carbonyl (C=O) groups is 2. The lowest BCUT2D eigenvalue weighted by Crippen LogP contribution is -2.15. The van der Waals surface area contributed by atoms with E-state index in [2.05, 4.69) is 10.1 Å². The molecule has 2 rings (SSSR count). The number of carbonyl (C=O) groups excluding carboxylic acids is 2. The van der Waals surface area contributed by atoms with E-state index >= 15 is 0 Å². The van der Waals surface area contributed by atoms with E-state index in [0.29, 0.717) is 21.8 Å². The Hall–Kier alpha value is -2.33. The van der Waals surface area contributed by atoms with Crippen molar-refractivity contribution in [1.29, 1.82) is 0 Å². The Morgan fingerprint density at radius 2 is 1.86 bits per heavy atom. The van der Waals surface area contributed by atoms with Gasteiger partial charge >= 0.3 is 5.97 Å². The quantitative estimate of drug-likeness (QED) is 0.880. The van der Waals surface area contributed by atoms with Gasteiger partial charge in [-0.2, -0.15) is 0 Å². The summed E-state index contributed by atoms with van der Waals surface area (Å²) in [5, 5.41) is 3.21. The second-order valence-corrected chi connectivity index (χ2v) is 4.86. The number of methoxy groups -OCH3 is 1. The fourth-order valence-corrected chi connectivity index (χ4v) is 1.99. The monoisotopic (exact) mass is 303 g/mol. The Morgan fingerprint density at radius 1 is 1.14 bits per heavy atom. The van der Waals surface area contributed by atoms with Gasteiger partial charge in [-0.1, -0.05) is 29.8 Å². The third-order valence-corrected chi connectivity index (χ3v) is 3.42. The van der Waals surface area contributed by atoms with Gasteiger partial charge in [0, 0.05) is 10.6 Å². The summed E-state index contributed by atoms with van der Waals surface area (Å²) in [6.07, 6.45) is 0. The standard InChI is InChI=1S/C16H14ClNO3/c1-10-7-8-11(9-13(10)17)15(19)18-14-6-4-3-5-12(14)16(20)21-2/h3-9H,1-2H3,(H,18,19). The van der Waals surface area contributed by atoms with E-state index in [1.165, 1.54) is 7.11 Å².